The minimum absolute atomic E-state index is 0.324. The van der Waals surface area contributed by atoms with Gasteiger partial charge in [0.15, 0.2) is 0 Å². The van der Waals surface area contributed by atoms with Crippen LogP contribution in [0.1, 0.15) is 23.5 Å². The summed E-state index contributed by atoms with van der Waals surface area (Å²) in [4.78, 5) is 8.02. The summed E-state index contributed by atoms with van der Waals surface area (Å²) in [5, 5.41) is 4.30. The highest BCUT2D eigenvalue weighted by Crippen LogP contribution is 2.35. The Morgan fingerprint density at radius 3 is 2.76 bits per heavy atom. The first kappa shape index (κ1) is 13.9. The number of nitrogen functional groups attached to an aromatic ring is 1. The number of rotatable bonds is 3. The van der Waals surface area contributed by atoms with Crippen LogP contribution in [0.25, 0.3) is 10.8 Å². The lowest BCUT2D eigenvalue weighted by molar-refractivity contribution is 0.757. The topological polar surface area (TPSA) is 42.1 Å². The Kier molecular flexibility index (Phi) is 3.55. The van der Waals surface area contributed by atoms with Gasteiger partial charge < -0.3 is 10.6 Å². The number of thiophene rings is 1. The summed E-state index contributed by atoms with van der Waals surface area (Å²) >= 11 is 1.79. The molecule has 0 aliphatic heterocycles. The third kappa shape index (κ3) is 2.47. The molecule has 0 aliphatic rings. The molecule has 1 unspecified atom stereocenters. The van der Waals surface area contributed by atoms with Crippen LogP contribution in [-0.2, 0) is 0 Å². The van der Waals surface area contributed by atoms with Crippen molar-refractivity contribution in [1.29, 1.82) is 0 Å². The lowest BCUT2D eigenvalue weighted by atomic mass is 10.1. The number of aromatic nitrogens is 1. The number of benzene rings is 1. The van der Waals surface area contributed by atoms with E-state index in [4.69, 9.17) is 5.73 Å². The summed E-state index contributed by atoms with van der Waals surface area (Å²) in [7, 11) is 2.13. The number of hydrogen-bond donors (Lipinski definition) is 1. The normalized spacial score (nSPS) is 12.5. The second-order valence-electron chi connectivity index (χ2n) is 5.35. The Morgan fingerprint density at radius 2 is 2.05 bits per heavy atom. The van der Waals surface area contributed by atoms with Crippen LogP contribution in [0.15, 0.2) is 41.9 Å². The van der Waals surface area contributed by atoms with Crippen molar-refractivity contribution >= 4 is 33.5 Å². The fourth-order valence-corrected chi connectivity index (χ4v) is 3.41. The summed E-state index contributed by atoms with van der Waals surface area (Å²) in [5.74, 6) is 0. The number of nitrogens with zero attached hydrogens (tertiary/aromatic N) is 2. The molecule has 0 aliphatic carbocycles. The summed E-state index contributed by atoms with van der Waals surface area (Å²) in [6.45, 7) is 4.23. The monoisotopic (exact) mass is 297 g/mol. The molecule has 3 nitrogen and oxygen atoms in total. The number of hydrogen-bond acceptors (Lipinski definition) is 4. The van der Waals surface area contributed by atoms with Crippen molar-refractivity contribution in [1.82, 2.24) is 4.98 Å². The van der Waals surface area contributed by atoms with Crippen LogP contribution >= 0.6 is 11.3 Å². The molecule has 2 N–H and O–H groups in total. The zero-order chi connectivity index (χ0) is 15.0. The van der Waals surface area contributed by atoms with Gasteiger partial charge in [-0.1, -0.05) is 6.07 Å². The fraction of sp³-hybridized carbons (Fsp3) is 0.235. The van der Waals surface area contributed by atoms with Gasteiger partial charge >= 0.3 is 0 Å². The van der Waals surface area contributed by atoms with Gasteiger partial charge in [0.1, 0.15) is 0 Å². The van der Waals surface area contributed by atoms with Gasteiger partial charge in [-0.3, -0.25) is 4.98 Å². The molecule has 0 saturated carbocycles. The fourth-order valence-electron chi connectivity index (χ4n) is 2.59. The van der Waals surface area contributed by atoms with Crippen molar-refractivity contribution in [3.05, 3.63) is 52.5 Å². The van der Waals surface area contributed by atoms with E-state index in [9.17, 15) is 0 Å². The number of pyridine rings is 1. The molecule has 3 aromatic rings. The zero-order valence-corrected chi connectivity index (χ0v) is 13.3. The van der Waals surface area contributed by atoms with Gasteiger partial charge in [0.05, 0.1) is 6.04 Å². The molecule has 0 spiro atoms. The van der Waals surface area contributed by atoms with Crippen LogP contribution in [0.4, 0.5) is 11.4 Å². The predicted octanol–water partition coefficient (Wildman–Crippen LogP) is 4.38. The highest BCUT2D eigenvalue weighted by atomic mass is 32.1. The van der Waals surface area contributed by atoms with E-state index in [1.165, 1.54) is 10.6 Å². The van der Waals surface area contributed by atoms with E-state index in [0.717, 1.165) is 22.2 Å². The quantitative estimate of drug-likeness (QED) is 0.729. The van der Waals surface area contributed by atoms with Crippen molar-refractivity contribution in [2.24, 2.45) is 0 Å². The van der Waals surface area contributed by atoms with Crippen molar-refractivity contribution in [2.75, 3.05) is 17.7 Å². The average molecular weight is 297 g/mol. The summed E-state index contributed by atoms with van der Waals surface area (Å²) in [5.41, 5.74) is 9.06. The predicted molar refractivity (Wildman–Crippen MR) is 92.0 cm³/mol. The number of fused-ring (bicyclic) bond motifs is 1. The van der Waals surface area contributed by atoms with E-state index in [2.05, 4.69) is 53.5 Å². The van der Waals surface area contributed by atoms with E-state index in [-0.39, 0.29) is 0 Å². The third-order valence-corrected chi connectivity index (χ3v) is 5.01. The first-order valence-electron chi connectivity index (χ1n) is 6.99. The molecular weight excluding hydrogens is 278 g/mol. The average Bonchev–Trinajstić information content (AvgIpc) is 3.00. The standard InChI is InChI=1S/C17H19N3S/c1-11-9-13-14(10-19-11)15(18)6-7-16(13)20(3)12(2)17-5-4-8-21-17/h4-10,12H,18H2,1-3H3. The van der Waals surface area contributed by atoms with E-state index < -0.39 is 0 Å². The Hall–Kier alpha value is -2.07. The molecule has 4 heteroatoms. The van der Waals surface area contributed by atoms with Crippen molar-refractivity contribution in [3.63, 3.8) is 0 Å². The van der Waals surface area contributed by atoms with E-state index in [1.54, 1.807) is 11.3 Å². The molecule has 0 fully saturated rings. The largest absolute Gasteiger partial charge is 0.398 e. The van der Waals surface area contributed by atoms with Gasteiger partial charge in [-0.15, -0.1) is 11.3 Å². The number of nitrogens with two attached hydrogens (primary N) is 1. The lowest BCUT2D eigenvalue weighted by Gasteiger charge is -2.28. The molecule has 0 bridgehead atoms. The first-order valence-corrected chi connectivity index (χ1v) is 7.87. The first-order chi connectivity index (χ1) is 10.1. The Labute approximate surface area is 129 Å². The lowest BCUT2D eigenvalue weighted by Crippen LogP contribution is -2.21. The van der Waals surface area contributed by atoms with Gasteiger partial charge in [0.25, 0.3) is 0 Å². The SMILES string of the molecule is Cc1cc2c(N(C)C(C)c3cccs3)ccc(N)c2cn1. The second kappa shape index (κ2) is 5.37. The van der Waals surface area contributed by atoms with E-state index >= 15 is 0 Å². The van der Waals surface area contributed by atoms with Crippen LogP contribution in [0.3, 0.4) is 0 Å². The van der Waals surface area contributed by atoms with Crippen LogP contribution in [0.5, 0.6) is 0 Å². The molecule has 0 amide bonds. The molecule has 2 heterocycles. The maximum atomic E-state index is 6.09. The van der Waals surface area contributed by atoms with Crippen LogP contribution in [0, 0.1) is 6.92 Å². The molecular formula is C17H19N3S. The molecule has 1 atom stereocenters. The Balaban J connectivity index is 2.11. The van der Waals surface area contributed by atoms with Crippen molar-refractivity contribution in [2.45, 2.75) is 19.9 Å². The molecule has 0 saturated heterocycles. The van der Waals surface area contributed by atoms with Crippen LogP contribution in [0.2, 0.25) is 0 Å². The highest BCUT2D eigenvalue weighted by Gasteiger charge is 2.16. The highest BCUT2D eigenvalue weighted by molar-refractivity contribution is 7.10. The summed E-state index contributed by atoms with van der Waals surface area (Å²) in [6, 6.07) is 10.8. The van der Waals surface area contributed by atoms with Gasteiger partial charge in [-0.05, 0) is 43.5 Å². The van der Waals surface area contributed by atoms with E-state index in [1.807, 2.05) is 19.2 Å². The summed E-state index contributed by atoms with van der Waals surface area (Å²) in [6.07, 6.45) is 1.87. The molecule has 0 radical (unpaired) electrons. The molecule has 21 heavy (non-hydrogen) atoms. The molecule has 3 rings (SSSR count). The molecule has 2 aromatic heterocycles. The minimum Gasteiger partial charge on any atom is -0.398 e. The Morgan fingerprint density at radius 1 is 1.24 bits per heavy atom. The molecule has 1 aromatic carbocycles. The zero-order valence-electron chi connectivity index (χ0n) is 12.5. The summed E-state index contributed by atoms with van der Waals surface area (Å²) < 4.78 is 0. The maximum absolute atomic E-state index is 6.09. The second-order valence-corrected chi connectivity index (χ2v) is 6.33. The Bertz CT molecular complexity index is 765. The minimum atomic E-state index is 0.324. The number of anilines is 2. The van der Waals surface area contributed by atoms with Gasteiger partial charge in [-0.2, -0.15) is 0 Å². The van der Waals surface area contributed by atoms with Crippen molar-refractivity contribution in [3.8, 4) is 0 Å². The third-order valence-electron chi connectivity index (χ3n) is 3.96. The van der Waals surface area contributed by atoms with Crippen LogP contribution in [-0.4, -0.2) is 12.0 Å². The van der Waals surface area contributed by atoms with Crippen molar-refractivity contribution < 1.29 is 0 Å². The van der Waals surface area contributed by atoms with Gasteiger partial charge in [0.2, 0.25) is 0 Å². The van der Waals surface area contributed by atoms with Crippen LogP contribution < -0.4 is 10.6 Å². The smallest absolute Gasteiger partial charge is 0.0603 e. The molecule has 108 valence electrons. The van der Waals surface area contributed by atoms with E-state index in [0.29, 0.717) is 6.04 Å². The van der Waals surface area contributed by atoms with Gasteiger partial charge in [0, 0.05) is 46.0 Å². The number of aryl methyl sites for hydroxylation is 1. The maximum Gasteiger partial charge on any atom is 0.0603 e. The van der Waals surface area contributed by atoms with Gasteiger partial charge in [-0.25, -0.2) is 0 Å².